The van der Waals surface area contributed by atoms with Crippen LogP contribution in [0.4, 0.5) is 10.5 Å². The highest BCUT2D eigenvalue weighted by molar-refractivity contribution is 7.89. The van der Waals surface area contributed by atoms with Crippen LogP contribution >= 0.6 is 0 Å². The average molecular weight is 555 g/mol. The molecule has 39 heavy (non-hydrogen) atoms. The number of carbonyl (C=O) groups excluding carboxylic acids is 2. The number of amides is 3. The van der Waals surface area contributed by atoms with E-state index in [1.165, 1.54) is 28.6 Å². The molecule has 0 atom stereocenters. The van der Waals surface area contributed by atoms with E-state index < -0.39 is 22.0 Å². The van der Waals surface area contributed by atoms with Gasteiger partial charge in [0.15, 0.2) is 11.5 Å². The Morgan fingerprint density at radius 3 is 2.33 bits per heavy atom. The highest BCUT2D eigenvalue weighted by Gasteiger charge is 2.25. The zero-order chi connectivity index (χ0) is 27.8. The third-order valence-corrected chi connectivity index (χ3v) is 7.97. The molecule has 4 rings (SSSR count). The van der Waals surface area contributed by atoms with Crippen molar-refractivity contribution in [2.45, 2.75) is 24.3 Å². The molecule has 4 N–H and O–H groups in total. The van der Waals surface area contributed by atoms with Gasteiger partial charge in [0.1, 0.15) is 5.75 Å². The molecular formula is C27H30N4O7S. The van der Waals surface area contributed by atoms with Gasteiger partial charge in [0.25, 0.3) is 0 Å². The van der Waals surface area contributed by atoms with E-state index in [0.29, 0.717) is 29.4 Å². The molecule has 12 heteroatoms. The van der Waals surface area contributed by atoms with Crippen LogP contribution in [-0.2, 0) is 27.8 Å². The van der Waals surface area contributed by atoms with Gasteiger partial charge in [-0.3, -0.25) is 4.79 Å². The molecule has 0 spiro atoms. The minimum absolute atomic E-state index is 0.0352. The molecule has 206 valence electrons. The van der Waals surface area contributed by atoms with E-state index in [1.54, 1.807) is 31.4 Å². The molecule has 3 aromatic rings. The summed E-state index contributed by atoms with van der Waals surface area (Å²) < 4.78 is 43.8. The van der Waals surface area contributed by atoms with Crippen molar-refractivity contribution in [2.75, 3.05) is 32.3 Å². The van der Waals surface area contributed by atoms with Crippen LogP contribution in [0.25, 0.3) is 0 Å². The van der Waals surface area contributed by atoms with Gasteiger partial charge in [-0.1, -0.05) is 18.2 Å². The summed E-state index contributed by atoms with van der Waals surface area (Å²) >= 11 is 0. The largest absolute Gasteiger partial charge is 0.497 e. The number of urea groups is 1. The van der Waals surface area contributed by atoms with Crippen LogP contribution in [0.1, 0.15) is 17.5 Å². The molecule has 0 unspecified atom stereocenters. The quantitative estimate of drug-likeness (QED) is 0.312. The van der Waals surface area contributed by atoms with Gasteiger partial charge >= 0.3 is 6.03 Å². The number of ether oxygens (including phenoxy) is 3. The Kier molecular flexibility index (Phi) is 8.89. The molecule has 0 fully saturated rings. The van der Waals surface area contributed by atoms with Crippen LogP contribution in [0.2, 0.25) is 0 Å². The van der Waals surface area contributed by atoms with Gasteiger partial charge in [-0.25, -0.2) is 13.2 Å². The van der Waals surface area contributed by atoms with E-state index in [0.717, 1.165) is 11.1 Å². The second-order valence-corrected chi connectivity index (χ2v) is 10.7. The van der Waals surface area contributed by atoms with Gasteiger partial charge in [0.2, 0.25) is 22.7 Å². The first-order valence-corrected chi connectivity index (χ1v) is 13.6. The normalized spacial score (nSPS) is 12.3. The Morgan fingerprint density at radius 2 is 1.64 bits per heavy atom. The minimum Gasteiger partial charge on any atom is -0.497 e. The number of nitrogens with zero attached hydrogens (tertiary/aromatic N) is 1. The number of anilines is 1. The summed E-state index contributed by atoms with van der Waals surface area (Å²) in [6.45, 7) is 0.544. The lowest BCUT2D eigenvalue weighted by Gasteiger charge is -2.22. The van der Waals surface area contributed by atoms with Crippen molar-refractivity contribution in [3.63, 3.8) is 0 Å². The molecule has 0 saturated carbocycles. The first kappa shape index (κ1) is 27.7. The van der Waals surface area contributed by atoms with Crippen molar-refractivity contribution >= 4 is 27.6 Å². The molecule has 0 saturated heterocycles. The van der Waals surface area contributed by atoms with Crippen molar-refractivity contribution in [3.8, 4) is 17.2 Å². The molecule has 0 bridgehead atoms. The number of rotatable bonds is 12. The maximum absolute atomic E-state index is 13.4. The van der Waals surface area contributed by atoms with Crippen LogP contribution in [-0.4, -0.2) is 51.7 Å². The second kappa shape index (κ2) is 12.5. The van der Waals surface area contributed by atoms with E-state index >= 15 is 0 Å². The Labute approximate surface area is 226 Å². The van der Waals surface area contributed by atoms with Gasteiger partial charge in [0, 0.05) is 31.7 Å². The summed E-state index contributed by atoms with van der Waals surface area (Å²) in [6, 6.07) is 18.1. The molecule has 0 aliphatic carbocycles. The van der Waals surface area contributed by atoms with Crippen LogP contribution in [0, 0.1) is 0 Å². The molecule has 1 aliphatic heterocycles. The summed E-state index contributed by atoms with van der Waals surface area (Å²) in [7, 11) is -2.35. The number of hydrogen-bond donors (Lipinski definition) is 3. The van der Waals surface area contributed by atoms with Gasteiger partial charge in [0.05, 0.1) is 12.0 Å². The van der Waals surface area contributed by atoms with Crippen molar-refractivity contribution < 1.29 is 32.2 Å². The number of carbonyl (C=O) groups is 2. The monoisotopic (exact) mass is 554 g/mol. The smallest absolute Gasteiger partial charge is 0.319 e. The van der Waals surface area contributed by atoms with Crippen LogP contribution < -0.4 is 30.6 Å². The van der Waals surface area contributed by atoms with E-state index in [4.69, 9.17) is 19.9 Å². The summed E-state index contributed by atoms with van der Waals surface area (Å²) in [5, 5.41) is 5.43. The number of benzene rings is 3. The molecule has 3 amide bonds. The Hall–Kier alpha value is -4.29. The first-order chi connectivity index (χ1) is 18.7. The van der Waals surface area contributed by atoms with Gasteiger partial charge in [-0.15, -0.1) is 0 Å². The summed E-state index contributed by atoms with van der Waals surface area (Å²) in [4.78, 5) is 23.8. The number of nitrogens with one attached hydrogen (secondary N) is 2. The SMILES string of the molecule is COc1ccc(CCN(CCC(N)=O)S(=O)(=O)c2ccc(NC(=O)NCc3ccc4c(c3)OCO4)cc2)cc1. The molecule has 1 aliphatic rings. The molecule has 0 aromatic heterocycles. The third-order valence-electron chi connectivity index (χ3n) is 6.06. The Bertz CT molecular complexity index is 1410. The molecule has 11 nitrogen and oxygen atoms in total. The fourth-order valence-corrected chi connectivity index (χ4v) is 5.34. The van der Waals surface area contributed by atoms with Crippen molar-refractivity contribution in [3.05, 3.63) is 77.9 Å². The highest BCUT2D eigenvalue weighted by Crippen LogP contribution is 2.32. The van der Waals surface area contributed by atoms with Crippen LogP contribution in [0.3, 0.4) is 0 Å². The Balaban J connectivity index is 1.37. The van der Waals surface area contributed by atoms with Crippen molar-refractivity contribution in [1.82, 2.24) is 9.62 Å². The lowest BCUT2D eigenvalue weighted by atomic mass is 10.1. The van der Waals surface area contributed by atoms with E-state index in [2.05, 4.69) is 10.6 Å². The van der Waals surface area contributed by atoms with Crippen LogP contribution in [0.15, 0.2) is 71.6 Å². The predicted octanol–water partition coefficient (Wildman–Crippen LogP) is 2.85. The lowest BCUT2D eigenvalue weighted by Crippen LogP contribution is -2.35. The number of hydrogen-bond acceptors (Lipinski definition) is 7. The van der Waals surface area contributed by atoms with Gasteiger partial charge < -0.3 is 30.6 Å². The second-order valence-electron chi connectivity index (χ2n) is 8.74. The van der Waals surface area contributed by atoms with E-state index in [1.807, 2.05) is 18.2 Å². The molecule has 1 heterocycles. The van der Waals surface area contributed by atoms with Crippen molar-refractivity contribution in [2.24, 2.45) is 5.73 Å². The van der Waals surface area contributed by atoms with Gasteiger partial charge in [-0.2, -0.15) is 4.31 Å². The Morgan fingerprint density at radius 1 is 0.949 bits per heavy atom. The fourth-order valence-electron chi connectivity index (χ4n) is 3.90. The molecule has 0 radical (unpaired) electrons. The zero-order valence-electron chi connectivity index (χ0n) is 21.4. The fraction of sp³-hybridized carbons (Fsp3) is 0.259. The van der Waals surface area contributed by atoms with Gasteiger partial charge in [-0.05, 0) is 66.1 Å². The van der Waals surface area contributed by atoms with Crippen LogP contribution in [0.5, 0.6) is 17.2 Å². The predicted molar refractivity (Wildman–Crippen MR) is 144 cm³/mol. The number of primary amides is 1. The standard InChI is InChI=1S/C27H30N4O7S/c1-36-22-7-2-19(3-8-22)12-14-31(15-13-26(28)32)39(34,35)23-9-5-21(6-10-23)30-27(33)29-17-20-4-11-24-25(16-20)38-18-37-24/h2-11,16H,12-15,17-18H2,1H3,(H2,28,32)(H2,29,30,33). The number of methoxy groups -OCH3 is 1. The average Bonchev–Trinajstić information content (AvgIpc) is 3.40. The highest BCUT2D eigenvalue weighted by atomic mass is 32.2. The number of nitrogens with two attached hydrogens (primary N) is 1. The molecule has 3 aromatic carbocycles. The first-order valence-electron chi connectivity index (χ1n) is 12.2. The molecular weight excluding hydrogens is 524 g/mol. The zero-order valence-corrected chi connectivity index (χ0v) is 22.2. The minimum atomic E-state index is -3.93. The summed E-state index contributed by atoms with van der Waals surface area (Å²) in [6.07, 6.45) is 0.330. The number of sulfonamides is 1. The summed E-state index contributed by atoms with van der Waals surface area (Å²) in [5.74, 6) is 1.39. The maximum Gasteiger partial charge on any atom is 0.319 e. The van der Waals surface area contributed by atoms with Crippen molar-refractivity contribution in [1.29, 1.82) is 0 Å². The third kappa shape index (κ3) is 7.39. The maximum atomic E-state index is 13.4. The lowest BCUT2D eigenvalue weighted by molar-refractivity contribution is -0.118. The van der Waals surface area contributed by atoms with E-state index in [-0.39, 0.29) is 37.7 Å². The van der Waals surface area contributed by atoms with E-state index in [9.17, 15) is 18.0 Å². The number of fused-ring (bicyclic) bond motifs is 1. The topological polar surface area (TPSA) is 149 Å². The summed E-state index contributed by atoms with van der Waals surface area (Å²) in [5.41, 5.74) is 7.45.